The lowest BCUT2D eigenvalue weighted by Gasteiger charge is -2.28. The molecule has 0 fully saturated rings. The van der Waals surface area contributed by atoms with E-state index in [0.29, 0.717) is 12.1 Å². The van der Waals surface area contributed by atoms with Crippen LogP contribution >= 0.6 is 0 Å². The highest BCUT2D eigenvalue weighted by atomic mass is 16.5. The first-order valence-corrected chi connectivity index (χ1v) is 7.74. The highest BCUT2D eigenvalue weighted by molar-refractivity contribution is 5.87. The Morgan fingerprint density at radius 1 is 1.20 bits per heavy atom. The molecule has 0 radical (unpaired) electrons. The minimum absolute atomic E-state index is 0.130. The van der Waals surface area contributed by atoms with E-state index in [1.54, 1.807) is 48.5 Å². The Bertz CT molecular complexity index is 773. The van der Waals surface area contributed by atoms with Gasteiger partial charge in [0.2, 0.25) is 5.60 Å². The van der Waals surface area contributed by atoms with Crippen molar-refractivity contribution in [1.29, 1.82) is 0 Å². The van der Waals surface area contributed by atoms with Crippen LogP contribution in [0.1, 0.15) is 11.1 Å². The van der Waals surface area contributed by atoms with Crippen molar-refractivity contribution in [3.8, 4) is 0 Å². The third-order valence-corrected chi connectivity index (χ3v) is 3.70. The van der Waals surface area contributed by atoms with Crippen LogP contribution in [0.25, 0.3) is 10.4 Å². The van der Waals surface area contributed by atoms with Crippen LogP contribution in [-0.4, -0.2) is 43.2 Å². The van der Waals surface area contributed by atoms with Crippen LogP contribution in [0.5, 0.6) is 0 Å². The number of azide groups is 1. The van der Waals surface area contributed by atoms with E-state index in [4.69, 9.17) is 10.3 Å². The summed E-state index contributed by atoms with van der Waals surface area (Å²) in [7, 11) is 3.71. The monoisotopic (exact) mass is 340 g/mol. The van der Waals surface area contributed by atoms with Gasteiger partial charge in [0.05, 0.1) is 0 Å². The molecule has 2 aromatic carbocycles. The summed E-state index contributed by atoms with van der Waals surface area (Å²) in [6.07, 6.45) is 0. The molecule has 2 aromatic rings. The highest BCUT2D eigenvalue weighted by Crippen LogP contribution is 2.37. The Kier molecular flexibility index (Phi) is 6.14. The number of aliphatic hydroxyl groups is 1. The van der Waals surface area contributed by atoms with Crippen LogP contribution in [0.4, 0.5) is 5.69 Å². The lowest BCUT2D eigenvalue weighted by atomic mass is 9.85. The molecule has 7 nitrogen and oxygen atoms in total. The van der Waals surface area contributed by atoms with Crippen LogP contribution in [0.3, 0.4) is 0 Å². The maximum Gasteiger partial charge on any atom is 0.347 e. The second-order valence-electron chi connectivity index (χ2n) is 5.72. The molecule has 0 amide bonds. The maximum absolute atomic E-state index is 12.8. The predicted molar refractivity (Wildman–Crippen MR) is 94.2 cm³/mol. The fourth-order valence-corrected chi connectivity index (χ4v) is 2.40. The van der Waals surface area contributed by atoms with Crippen LogP contribution in [0, 0.1) is 0 Å². The summed E-state index contributed by atoms with van der Waals surface area (Å²) in [5, 5.41) is 14.9. The molecule has 0 aliphatic rings. The molecular weight excluding hydrogens is 320 g/mol. The zero-order chi connectivity index (χ0) is 18.3. The van der Waals surface area contributed by atoms with Gasteiger partial charge in [-0.25, -0.2) is 4.79 Å². The van der Waals surface area contributed by atoms with Gasteiger partial charge in [0, 0.05) is 22.7 Å². The quantitative estimate of drug-likeness (QED) is 0.362. The van der Waals surface area contributed by atoms with Gasteiger partial charge in [0.15, 0.2) is 0 Å². The largest absolute Gasteiger partial charge is 0.462 e. The second-order valence-corrected chi connectivity index (χ2v) is 5.72. The fraction of sp³-hybridized carbons (Fsp3) is 0.278. The lowest BCUT2D eigenvalue weighted by Crippen LogP contribution is -2.39. The molecule has 0 saturated carbocycles. The molecule has 0 saturated heterocycles. The number of hydrogen-bond donors (Lipinski definition) is 1. The van der Waals surface area contributed by atoms with E-state index in [-0.39, 0.29) is 17.9 Å². The molecule has 130 valence electrons. The summed E-state index contributed by atoms with van der Waals surface area (Å²) >= 11 is 0. The summed E-state index contributed by atoms with van der Waals surface area (Å²) in [5.41, 5.74) is 7.39. The smallest absolute Gasteiger partial charge is 0.347 e. The Labute approximate surface area is 146 Å². The molecule has 7 heteroatoms. The topological polar surface area (TPSA) is 98.5 Å². The van der Waals surface area contributed by atoms with Crippen molar-refractivity contribution in [3.05, 3.63) is 76.2 Å². The summed E-state index contributed by atoms with van der Waals surface area (Å²) < 4.78 is 5.29. The van der Waals surface area contributed by atoms with Crippen molar-refractivity contribution in [1.82, 2.24) is 4.90 Å². The molecule has 0 aliphatic heterocycles. The van der Waals surface area contributed by atoms with E-state index in [1.807, 2.05) is 19.0 Å². The minimum Gasteiger partial charge on any atom is -0.462 e. The van der Waals surface area contributed by atoms with Gasteiger partial charge < -0.3 is 14.7 Å². The zero-order valence-electron chi connectivity index (χ0n) is 14.2. The first kappa shape index (κ1) is 18.5. The second kappa shape index (κ2) is 8.30. The van der Waals surface area contributed by atoms with E-state index < -0.39 is 11.6 Å². The number of nitrogens with zero attached hydrogens (tertiary/aromatic N) is 4. The number of hydrogen-bond acceptors (Lipinski definition) is 5. The van der Waals surface area contributed by atoms with Gasteiger partial charge in [-0.1, -0.05) is 59.7 Å². The van der Waals surface area contributed by atoms with Crippen molar-refractivity contribution in [3.63, 3.8) is 0 Å². The van der Waals surface area contributed by atoms with Crippen molar-refractivity contribution in [2.45, 2.75) is 5.60 Å². The van der Waals surface area contributed by atoms with Gasteiger partial charge in [-0.15, -0.1) is 0 Å². The Balaban J connectivity index is 2.51. The van der Waals surface area contributed by atoms with Crippen LogP contribution in [0.15, 0.2) is 59.7 Å². The van der Waals surface area contributed by atoms with Gasteiger partial charge in [0.1, 0.15) is 6.61 Å². The minimum atomic E-state index is -2.07. The van der Waals surface area contributed by atoms with Crippen LogP contribution in [0.2, 0.25) is 0 Å². The summed E-state index contributed by atoms with van der Waals surface area (Å²) in [5.74, 6) is -0.818. The first-order chi connectivity index (χ1) is 12.0. The molecule has 1 unspecified atom stereocenters. The fourth-order valence-electron chi connectivity index (χ4n) is 2.40. The van der Waals surface area contributed by atoms with Gasteiger partial charge >= 0.3 is 5.97 Å². The third-order valence-electron chi connectivity index (χ3n) is 3.70. The molecular formula is C18H20N4O3. The first-order valence-electron chi connectivity index (χ1n) is 7.74. The van der Waals surface area contributed by atoms with Crippen LogP contribution in [-0.2, 0) is 15.1 Å². The van der Waals surface area contributed by atoms with Gasteiger partial charge in [-0.2, -0.15) is 0 Å². The number of benzene rings is 2. The molecule has 0 heterocycles. The molecule has 1 atom stereocenters. The number of ether oxygens (including phenoxy) is 1. The van der Waals surface area contributed by atoms with E-state index >= 15 is 0 Å². The van der Waals surface area contributed by atoms with Gasteiger partial charge in [-0.05, 0) is 25.2 Å². The zero-order valence-corrected chi connectivity index (χ0v) is 14.2. The Morgan fingerprint density at radius 2 is 1.84 bits per heavy atom. The van der Waals surface area contributed by atoms with Gasteiger partial charge in [0.25, 0.3) is 0 Å². The molecule has 0 aliphatic carbocycles. The number of esters is 1. The van der Waals surface area contributed by atoms with Gasteiger partial charge in [-0.3, -0.25) is 0 Å². The number of rotatable bonds is 7. The summed E-state index contributed by atoms with van der Waals surface area (Å²) in [6.45, 7) is 0.652. The predicted octanol–water partition coefficient (Wildman–Crippen LogP) is 2.97. The van der Waals surface area contributed by atoms with Crippen LogP contribution < -0.4 is 0 Å². The average molecular weight is 340 g/mol. The van der Waals surface area contributed by atoms with Crippen molar-refractivity contribution in [2.24, 2.45) is 5.11 Å². The summed E-state index contributed by atoms with van der Waals surface area (Å²) in [6, 6.07) is 14.9. The van der Waals surface area contributed by atoms with Crippen molar-refractivity contribution in [2.75, 3.05) is 27.2 Å². The molecule has 0 aromatic heterocycles. The normalized spacial score (nSPS) is 13.0. The van der Waals surface area contributed by atoms with E-state index in [2.05, 4.69) is 10.0 Å². The standard InChI is InChI=1S/C18H20N4O3/c1-22(2)12-13-25-17(23)18(24,14-8-4-3-5-9-14)15-10-6-7-11-16(15)20-21-19/h3-11,24H,12-13H2,1-2H3. The van der Waals surface area contributed by atoms with E-state index in [9.17, 15) is 9.90 Å². The Hall–Kier alpha value is -2.86. The molecule has 2 rings (SSSR count). The van der Waals surface area contributed by atoms with Crippen molar-refractivity contribution < 1.29 is 14.6 Å². The summed E-state index contributed by atoms with van der Waals surface area (Å²) in [4.78, 5) is 17.4. The average Bonchev–Trinajstić information content (AvgIpc) is 2.62. The Morgan fingerprint density at radius 3 is 2.48 bits per heavy atom. The molecule has 0 spiro atoms. The SMILES string of the molecule is CN(C)CCOC(=O)C(O)(c1ccccc1)c1ccccc1N=[N+]=[N-]. The van der Waals surface area contributed by atoms with E-state index in [1.165, 1.54) is 6.07 Å². The van der Waals surface area contributed by atoms with E-state index in [0.717, 1.165) is 0 Å². The maximum atomic E-state index is 12.8. The number of carbonyl (C=O) groups excluding carboxylic acids is 1. The highest BCUT2D eigenvalue weighted by Gasteiger charge is 2.43. The molecule has 0 bridgehead atoms. The van der Waals surface area contributed by atoms with Crippen molar-refractivity contribution >= 4 is 11.7 Å². The lowest BCUT2D eigenvalue weighted by molar-refractivity contribution is -0.162. The number of likely N-dealkylation sites (N-methyl/N-ethyl adjacent to an activating group) is 1. The molecule has 25 heavy (non-hydrogen) atoms. The number of carbonyl (C=O) groups is 1. The third kappa shape index (κ3) is 4.16. The molecule has 1 N–H and O–H groups in total.